The summed E-state index contributed by atoms with van der Waals surface area (Å²) in [4.78, 5) is 0. The standard InChI is InChI=1S/C20H35NO2/c22-19(13-21-18-3-1-2-4-18)14-23-6-5-20-10-15-7-16(11-20)9-17(8-15)12-20/h15-19,21-22H,1-14H2/p+1/t15?,16?,17?,19-,20?/m1/s1. The lowest BCUT2D eigenvalue weighted by atomic mass is 9.49. The van der Waals surface area contributed by atoms with Crippen molar-refractivity contribution in [1.82, 2.24) is 0 Å². The molecule has 0 aromatic carbocycles. The molecule has 0 saturated heterocycles. The van der Waals surface area contributed by atoms with Crippen LogP contribution in [0.4, 0.5) is 0 Å². The number of quaternary nitrogens is 1. The predicted octanol–water partition coefficient (Wildman–Crippen LogP) is 2.48. The maximum absolute atomic E-state index is 10.1. The molecule has 4 bridgehead atoms. The van der Waals surface area contributed by atoms with Gasteiger partial charge in [0.1, 0.15) is 12.6 Å². The van der Waals surface area contributed by atoms with Crippen LogP contribution in [0, 0.1) is 23.2 Å². The minimum atomic E-state index is -0.285. The van der Waals surface area contributed by atoms with Crippen molar-refractivity contribution in [3.8, 4) is 0 Å². The fourth-order valence-corrected chi connectivity index (χ4v) is 6.71. The van der Waals surface area contributed by atoms with Crippen LogP contribution < -0.4 is 5.32 Å². The van der Waals surface area contributed by atoms with Gasteiger partial charge in [0.2, 0.25) is 0 Å². The first-order valence-corrected chi connectivity index (χ1v) is 10.3. The van der Waals surface area contributed by atoms with Crippen molar-refractivity contribution in [2.24, 2.45) is 23.2 Å². The fourth-order valence-electron chi connectivity index (χ4n) is 6.71. The van der Waals surface area contributed by atoms with Crippen LogP contribution in [0.2, 0.25) is 0 Å². The third kappa shape index (κ3) is 3.93. The first-order valence-electron chi connectivity index (χ1n) is 10.3. The number of hydrogen-bond acceptors (Lipinski definition) is 2. The molecule has 0 aromatic rings. The van der Waals surface area contributed by atoms with Crippen LogP contribution in [-0.2, 0) is 4.74 Å². The molecule has 0 heterocycles. The van der Waals surface area contributed by atoms with Gasteiger partial charge in [0.15, 0.2) is 0 Å². The van der Waals surface area contributed by atoms with Crippen LogP contribution >= 0.6 is 0 Å². The number of rotatable bonds is 8. The molecule has 3 nitrogen and oxygen atoms in total. The van der Waals surface area contributed by atoms with Crippen molar-refractivity contribution in [1.29, 1.82) is 0 Å². The van der Waals surface area contributed by atoms with Gasteiger partial charge in [-0.25, -0.2) is 0 Å². The Morgan fingerprint density at radius 3 is 2.22 bits per heavy atom. The summed E-state index contributed by atoms with van der Waals surface area (Å²) in [7, 11) is 0. The van der Waals surface area contributed by atoms with Gasteiger partial charge >= 0.3 is 0 Å². The van der Waals surface area contributed by atoms with Gasteiger partial charge in [-0.3, -0.25) is 0 Å². The largest absolute Gasteiger partial charge is 0.385 e. The molecule has 3 N–H and O–H groups in total. The summed E-state index contributed by atoms with van der Waals surface area (Å²) < 4.78 is 5.88. The van der Waals surface area contributed by atoms with Crippen LogP contribution in [-0.4, -0.2) is 37.0 Å². The van der Waals surface area contributed by atoms with E-state index in [0.717, 1.165) is 36.9 Å². The Morgan fingerprint density at radius 2 is 1.61 bits per heavy atom. The predicted molar refractivity (Wildman–Crippen MR) is 91.1 cm³/mol. The summed E-state index contributed by atoms with van der Waals surface area (Å²) in [6, 6.07) is 0.761. The normalized spacial score (nSPS) is 40.8. The molecule has 5 saturated carbocycles. The van der Waals surface area contributed by atoms with E-state index in [1.807, 2.05) is 0 Å². The quantitative estimate of drug-likeness (QED) is 0.674. The van der Waals surface area contributed by atoms with Crippen LogP contribution in [0.15, 0.2) is 0 Å². The monoisotopic (exact) mass is 322 g/mol. The van der Waals surface area contributed by atoms with Gasteiger partial charge in [-0.1, -0.05) is 0 Å². The maximum Gasteiger partial charge on any atom is 0.126 e. The lowest BCUT2D eigenvalue weighted by Gasteiger charge is -2.57. The topological polar surface area (TPSA) is 46.1 Å². The third-order valence-corrected chi connectivity index (χ3v) is 7.39. The molecule has 132 valence electrons. The minimum absolute atomic E-state index is 0.285. The second-order valence-corrected chi connectivity index (χ2v) is 9.41. The molecule has 0 spiro atoms. The maximum atomic E-state index is 10.1. The van der Waals surface area contributed by atoms with Crippen LogP contribution in [0.1, 0.15) is 70.6 Å². The second kappa shape index (κ2) is 7.01. The summed E-state index contributed by atoms with van der Waals surface area (Å²) >= 11 is 0. The summed E-state index contributed by atoms with van der Waals surface area (Å²) in [5.74, 6) is 3.11. The average Bonchev–Trinajstić information content (AvgIpc) is 3.02. The Bertz CT molecular complexity index is 356. The number of hydrogen-bond donors (Lipinski definition) is 2. The summed E-state index contributed by atoms with van der Waals surface area (Å²) in [6.45, 7) is 2.23. The van der Waals surface area contributed by atoms with Crippen molar-refractivity contribution in [2.75, 3.05) is 19.8 Å². The van der Waals surface area contributed by atoms with Crippen LogP contribution in [0.3, 0.4) is 0 Å². The molecule has 0 aromatic heterocycles. The molecule has 5 aliphatic carbocycles. The summed E-state index contributed by atoms with van der Waals surface area (Å²) in [5.41, 5.74) is 0.621. The Balaban J connectivity index is 1.13. The molecule has 23 heavy (non-hydrogen) atoms. The van der Waals surface area contributed by atoms with Crippen molar-refractivity contribution in [2.45, 2.75) is 82.8 Å². The molecule has 1 atom stereocenters. The van der Waals surface area contributed by atoms with Crippen molar-refractivity contribution < 1.29 is 15.2 Å². The van der Waals surface area contributed by atoms with Gasteiger partial charge in [-0.2, -0.15) is 0 Å². The van der Waals surface area contributed by atoms with Gasteiger partial charge in [-0.15, -0.1) is 0 Å². The van der Waals surface area contributed by atoms with Gasteiger partial charge in [0, 0.05) is 6.61 Å². The Hall–Kier alpha value is -0.120. The van der Waals surface area contributed by atoms with E-state index in [9.17, 15) is 5.11 Å². The fraction of sp³-hybridized carbons (Fsp3) is 1.00. The van der Waals surface area contributed by atoms with E-state index < -0.39 is 0 Å². The number of nitrogens with two attached hydrogens (primary N) is 1. The van der Waals surface area contributed by atoms with E-state index in [2.05, 4.69) is 5.32 Å². The Kier molecular flexibility index (Phi) is 4.99. The lowest BCUT2D eigenvalue weighted by molar-refractivity contribution is -0.693. The van der Waals surface area contributed by atoms with Crippen LogP contribution in [0.5, 0.6) is 0 Å². The van der Waals surface area contributed by atoms with Gasteiger partial charge < -0.3 is 15.2 Å². The van der Waals surface area contributed by atoms with E-state index in [-0.39, 0.29) is 6.10 Å². The first-order chi connectivity index (χ1) is 11.2. The van der Waals surface area contributed by atoms with Gasteiger partial charge in [0.25, 0.3) is 0 Å². The number of aliphatic hydroxyl groups excluding tert-OH is 1. The molecule has 0 aliphatic heterocycles. The SMILES string of the molecule is O[C@H](C[NH2+]C1CCCC1)COCCC12CC3CC(CC(C3)C1)C2. The van der Waals surface area contributed by atoms with Crippen LogP contribution in [0.25, 0.3) is 0 Å². The zero-order valence-electron chi connectivity index (χ0n) is 14.7. The van der Waals surface area contributed by atoms with Gasteiger partial charge in [-0.05, 0) is 93.8 Å². The molecular formula is C20H36NO2+. The zero-order valence-corrected chi connectivity index (χ0v) is 14.7. The van der Waals surface area contributed by atoms with Gasteiger partial charge in [0.05, 0.1) is 12.6 Å². The van der Waals surface area contributed by atoms with E-state index in [0.29, 0.717) is 12.0 Å². The van der Waals surface area contributed by atoms with Crippen molar-refractivity contribution in [3.63, 3.8) is 0 Å². The smallest absolute Gasteiger partial charge is 0.126 e. The minimum Gasteiger partial charge on any atom is -0.385 e. The summed E-state index contributed by atoms with van der Waals surface area (Å²) in [6.07, 6.45) is 15.4. The number of aliphatic hydroxyl groups is 1. The zero-order chi connectivity index (χ0) is 15.7. The summed E-state index contributed by atoms with van der Waals surface area (Å²) in [5, 5.41) is 12.5. The first kappa shape index (κ1) is 16.4. The molecule has 5 fully saturated rings. The Morgan fingerprint density at radius 1 is 1.00 bits per heavy atom. The molecule has 0 radical (unpaired) electrons. The molecule has 0 amide bonds. The van der Waals surface area contributed by atoms with E-state index >= 15 is 0 Å². The number of ether oxygens (including phenoxy) is 1. The Labute approximate surface area is 141 Å². The van der Waals surface area contributed by atoms with E-state index in [4.69, 9.17) is 4.74 Å². The highest BCUT2D eigenvalue weighted by atomic mass is 16.5. The highest BCUT2D eigenvalue weighted by molar-refractivity contribution is 5.01. The lowest BCUT2D eigenvalue weighted by Crippen LogP contribution is -2.91. The molecule has 0 unspecified atom stereocenters. The van der Waals surface area contributed by atoms with Crippen molar-refractivity contribution in [3.05, 3.63) is 0 Å². The van der Waals surface area contributed by atoms with E-state index in [1.165, 1.54) is 70.6 Å². The highest BCUT2D eigenvalue weighted by Gasteiger charge is 2.50. The highest BCUT2D eigenvalue weighted by Crippen LogP contribution is 2.61. The van der Waals surface area contributed by atoms with Crippen molar-refractivity contribution >= 4 is 0 Å². The second-order valence-electron chi connectivity index (χ2n) is 9.41. The average molecular weight is 323 g/mol. The molecular weight excluding hydrogens is 286 g/mol. The molecule has 3 heteroatoms. The third-order valence-electron chi connectivity index (χ3n) is 7.39. The van der Waals surface area contributed by atoms with E-state index in [1.54, 1.807) is 0 Å². The molecule has 5 aliphatic rings. The molecule has 5 rings (SSSR count).